The van der Waals surface area contributed by atoms with Crippen molar-refractivity contribution in [3.8, 4) is 0 Å². The molecule has 1 unspecified atom stereocenters. The minimum absolute atomic E-state index is 0.0305. The quantitative estimate of drug-likeness (QED) is 0.425. The maximum atomic E-state index is 12.0. The van der Waals surface area contributed by atoms with E-state index in [0.29, 0.717) is 6.42 Å². The van der Waals surface area contributed by atoms with Crippen molar-refractivity contribution in [1.29, 1.82) is 0 Å². The van der Waals surface area contributed by atoms with Crippen LogP contribution in [0.2, 0.25) is 0 Å². The van der Waals surface area contributed by atoms with Gasteiger partial charge in [0.15, 0.2) is 16.4 Å². The first-order chi connectivity index (χ1) is 11.2. The van der Waals surface area contributed by atoms with Crippen LogP contribution in [0.25, 0.3) is 0 Å². The number of carbonyl (C=O) groups excluding carboxylic acids is 2. The topological polar surface area (TPSA) is 124 Å². The van der Waals surface area contributed by atoms with Crippen LogP contribution in [-0.2, 0) is 19.4 Å². The van der Waals surface area contributed by atoms with Crippen molar-refractivity contribution in [3.05, 3.63) is 39.9 Å². The summed E-state index contributed by atoms with van der Waals surface area (Å²) in [5, 5.41) is 10.7. The zero-order valence-corrected chi connectivity index (χ0v) is 13.7. The van der Waals surface area contributed by atoms with E-state index >= 15 is 0 Å². The smallest absolute Gasteiger partial charge is 0.338 e. The van der Waals surface area contributed by atoms with E-state index in [0.717, 1.165) is 6.07 Å². The highest BCUT2D eigenvalue weighted by atomic mass is 32.2. The van der Waals surface area contributed by atoms with Crippen molar-refractivity contribution >= 4 is 27.4 Å². The summed E-state index contributed by atoms with van der Waals surface area (Å²) < 4.78 is 27.7. The first-order valence-electron chi connectivity index (χ1n) is 7.07. The second-order valence-electron chi connectivity index (χ2n) is 5.45. The predicted octanol–water partition coefficient (Wildman–Crippen LogP) is 0.397. The average Bonchev–Trinajstić information content (AvgIpc) is 2.91. The molecule has 1 atom stereocenters. The lowest BCUT2D eigenvalue weighted by Crippen LogP contribution is -2.40. The Labute approximate surface area is 138 Å². The van der Waals surface area contributed by atoms with Crippen LogP contribution >= 0.6 is 0 Å². The molecule has 1 aliphatic rings. The van der Waals surface area contributed by atoms with E-state index in [1.165, 1.54) is 30.1 Å². The molecule has 0 radical (unpaired) electrons. The number of hydrogen-bond acceptors (Lipinski definition) is 7. The molecule has 0 aromatic heterocycles. The van der Waals surface area contributed by atoms with Gasteiger partial charge >= 0.3 is 5.97 Å². The fraction of sp³-hybridized carbons (Fsp3) is 0.429. The monoisotopic (exact) mass is 356 g/mol. The fourth-order valence-electron chi connectivity index (χ4n) is 2.34. The number of nitrogens with zero attached hydrogens (tertiary/aromatic N) is 2. The Bertz CT molecular complexity index is 775. The fourth-order valence-corrected chi connectivity index (χ4v) is 4.12. The number of nitro benzene ring substituents is 1. The lowest BCUT2D eigenvalue weighted by molar-refractivity contribution is -0.384. The van der Waals surface area contributed by atoms with E-state index in [-0.39, 0.29) is 22.8 Å². The van der Waals surface area contributed by atoms with Gasteiger partial charge < -0.3 is 9.64 Å². The second-order valence-corrected chi connectivity index (χ2v) is 7.67. The molecule has 0 bridgehead atoms. The Morgan fingerprint density at radius 3 is 2.71 bits per heavy atom. The third-order valence-electron chi connectivity index (χ3n) is 3.77. The normalized spacial score (nSPS) is 18.8. The standard InChI is InChI=1S/C14H16N2O7S/c1-15(12-5-6-24(21,22)9-12)13(17)8-23-14(18)10-3-2-4-11(7-10)16(19)20/h2-4,7,12H,5-6,8-9H2,1H3. The Morgan fingerprint density at radius 1 is 1.42 bits per heavy atom. The number of rotatable bonds is 5. The number of sulfone groups is 1. The lowest BCUT2D eigenvalue weighted by Gasteiger charge is -2.23. The third-order valence-corrected chi connectivity index (χ3v) is 5.52. The number of non-ortho nitro benzene ring substituents is 1. The van der Waals surface area contributed by atoms with Gasteiger partial charge in [-0.25, -0.2) is 13.2 Å². The van der Waals surface area contributed by atoms with Crippen LogP contribution in [0.5, 0.6) is 0 Å². The summed E-state index contributed by atoms with van der Waals surface area (Å²) in [5.74, 6) is -1.47. The molecule has 24 heavy (non-hydrogen) atoms. The Balaban J connectivity index is 1.93. The number of likely N-dealkylation sites (N-methyl/N-ethyl adjacent to an activating group) is 1. The van der Waals surface area contributed by atoms with Gasteiger partial charge in [0.25, 0.3) is 11.6 Å². The molecule has 0 spiro atoms. The first kappa shape index (κ1) is 17.9. The van der Waals surface area contributed by atoms with Gasteiger partial charge in [0.1, 0.15) is 0 Å². The number of hydrogen-bond donors (Lipinski definition) is 0. The number of esters is 1. The summed E-state index contributed by atoms with van der Waals surface area (Å²) in [7, 11) is -1.67. The molecule has 1 fully saturated rings. The van der Waals surface area contributed by atoms with Crippen molar-refractivity contribution in [1.82, 2.24) is 4.90 Å². The van der Waals surface area contributed by atoms with Crippen LogP contribution in [0, 0.1) is 10.1 Å². The molecule has 1 aliphatic heterocycles. The summed E-state index contributed by atoms with van der Waals surface area (Å²) >= 11 is 0. The van der Waals surface area contributed by atoms with Gasteiger partial charge in [-0.05, 0) is 12.5 Å². The van der Waals surface area contributed by atoms with Crippen LogP contribution in [0.4, 0.5) is 5.69 Å². The molecule has 0 aliphatic carbocycles. The maximum Gasteiger partial charge on any atom is 0.338 e. The van der Waals surface area contributed by atoms with E-state index < -0.39 is 39.3 Å². The summed E-state index contributed by atoms with van der Waals surface area (Å²) in [6.07, 6.45) is 0.351. The molecule has 130 valence electrons. The van der Waals surface area contributed by atoms with Crippen LogP contribution in [0.1, 0.15) is 16.8 Å². The zero-order chi connectivity index (χ0) is 17.9. The van der Waals surface area contributed by atoms with E-state index in [2.05, 4.69) is 0 Å². The minimum atomic E-state index is -3.13. The van der Waals surface area contributed by atoms with Crippen LogP contribution in [-0.4, -0.2) is 61.3 Å². The van der Waals surface area contributed by atoms with E-state index in [4.69, 9.17) is 4.74 Å². The molecule has 0 saturated carbocycles. The third kappa shape index (κ3) is 4.28. The molecule has 1 saturated heterocycles. The number of amides is 1. The molecular weight excluding hydrogens is 340 g/mol. The molecule has 9 nitrogen and oxygen atoms in total. The van der Waals surface area contributed by atoms with Gasteiger partial charge in [0, 0.05) is 25.2 Å². The molecule has 0 N–H and O–H groups in total. The van der Waals surface area contributed by atoms with E-state index in [1.807, 2.05) is 0 Å². The van der Waals surface area contributed by atoms with Crippen molar-refractivity contribution in [3.63, 3.8) is 0 Å². The SMILES string of the molecule is CN(C(=O)COC(=O)c1cccc([N+](=O)[O-])c1)C1CCS(=O)(=O)C1. The van der Waals surface area contributed by atoms with Gasteiger partial charge in [-0.15, -0.1) is 0 Å². The lowest BCUT2D eigenvalue weighted by atomic mass is 10.2. The molecule has 10 heteroatoms. The van der Waals surface area contributed by atoms with Gasteiger partial charge in [-0.3, -0.25) is 14.9 Å². The minimum Gasteiger partial charge on any atom is -0.452 e. The molecular formula is C14H16N2O7S. The highest BCUT2D eigenvalue weighted by molar-refractivity contribution is 7.91. The Kier molecular flexibility index (Phi) is 5.17. The van der Waals surface area contributed by atoms with Crippen LogP contribution in [0.3, 0.4) is 0 Å². The molecule has 2 rings (SSSR count). The Morgan fingerprint density at radius 2 is 2.12 bits per heavy atom. The van der Waals surface area contributed by atoms with Crippen molar-refractivity contribution < 1.29 is 27.7 Å². The summed E-state index contributed by atoms with van der Waals surface area (Å²) in [4.78, 5) is 35.1. The van der Waals surface area contributed by atoms with Gasteiger partial charge in [-0.1, -0.05) is 6.07 Å². The highest BCUT2D eigenvalue weighted by Crippen LogP contribution is 2.17. The first-order valence-corrected chi connectivity index (χ1v) is 8.89. The van der Waals surface area contributed by atoms with Crippen LogP contribution in [0.15, 0.2) is 24.3 Å². The predicted molar refractivity (Wildman–Crippen MR) is 83.2 cm³/mol. The summed E-state index contributed by atoms with van der Waals surface area (Å²) in [5.41, 5.74) is -0.299. The molecule has 1 aromatic carbocycles. The zero-order valence-electron chi connectivity index (χ0n) is 12.9. The van der Waals surface area contributed by atoms with Crippen molar-refractivity contribution in [2.45, 2.75) is 12.5 Å². The number of nitro groups is 1. The van der Waals surface area contributed by atoms with E-state index in [1.54, 1.807) is 0 Å². The average molecular weight is 356 g/mol. The number of ether oxygens (including phenoxy) is 1. The molecule has 1 aromatic rings. The van der Waals surface area contributed by atoms with Gasteiger partial charge in [0.2, 0.25) is 0 Å². The van der Waals surface area contributed by atoms with Gasteiger partial charge in [-0.2, -0.15) is 0 Å². The number of carbonyl (C=O) groups is 2. The second kappa shape index (κ2) is 6.95. The van der Waals surface area contributed by atoms with E-state index in [9.17, 15) is 28.1 Å². The van der Waals surface area contributed by atoms with Crippen molar-refractivity contribution in [2.75, 3.05) is 25.2 Å². The Hall–Kier alpha value is -2.49. The molecule has 1 heterocycles. The largest absolute Gasteiger partial charge is 0.452 e. The number of benzene rings is 1. The summed E-state index contributed by atoms with van der Waals surface area (Å²) in [6, 6.07) is 4.54. The van der Waals surface area contributed by atoms with Gasteiger partial charge in [0.05, 0.1) is 22.0 Å². The maximum absolute atomic E-state index is 12.0. The molecule has 1 amide bonds. The van der Waals surface area contributed by atoms with Crippen LogP contribution < -0.4 is 0 Å². The highest BCUT2D eigenvalue weighted by Gasteiger charge is 2.33. The van der Waals surface area contributed by atoms with Crippen molar-refractivity contribution in [2.24, 2.45) is 0 Å². The summed E-state index contributed by atoms with van der Waals surface area (Å²) in [6.45, 7) is -0.561.